The molecule has 1 aromatic carbocycles. The Bertz CT molecular complexity index is 888. The van der Waals surface area contributed by atoms with Crippen LogP contribution in [0.5, 0.6) is 0 Å². The number of amides is 2. The van der Waals surface area contributed by atoms with Crippen molar-refractivity contribution in [2.45, 2.75) is 12.5 Å². The van der Waals surface area contributed by atoms with Gasteiger partial charge in [0, 0.05) is 37.6 Å². The number of carbonyl (C=O) groups excluding carboxylic acids is 1. The van der Waals surface area contributed by atoms with E-state index in [0.29, 0.717) is 19.5 Å². The molecule has 1 aromatic heterocycles. The maximum absolute atomic E-state index is 12.4. The molecule has 0 radical (unpaired) electrons. The Morgan fingerprint density at radius 1 is 1.20 bits per heavy atom. The Morgan fingerprint density at radius 3 is 2.68 bits per heavy atom. The van der Waals surface area contributed by atoms with Crippen molar-refractivity contribution in [1.29, 1.82) is 0 Å². The van der Waals surface area contributed by atoms with E-state index in [-0.39, 0.29) is 23.6 Å². The van der Waals surface area contributed by atoms with Crippen molar-refractivity contribution in [2.24, 2.45) is 0 Å². The fraction of sp³-hybridized carbons (Fsp3) is 0.500. The molecule has 2 fully saturated rings. The second kappa shape index (κ2) is 6.45. The normalized spacial score (nSPS) is 23.1. The molecule has 1 N–H and O–H groups in total. The summed E-state index contributed by atoms with van der Waals surface area (Å²) in [6, 6.07) is 7.75. The molecule has 0 spiro atoms. The average molecular weight is 380 g/mol. The van der Waals surface area contributed by atoms with Crippen LogP contribution in [0.1, 0.15) is 6.42 Å². The van der Waals surface area contributed by atoms with Crippen molar-refractivity contribution in [3.05, 3.63) is 24.3 Å². The lowest BCUT2D eigenvalue weighted by Crippen LogP contribution is -2.53. The molecule has 0 bridgehead atoms. The largest absolute Gasteiger partial charge is 0.352 e. The van der Waals surface area contributed by atoms with Gasteiger partial charge in [0.25, 0.3) is 0 Å². The third-order valence-electron chi connectivity index (χ3n) is 4.78. The molecule has 2 aromatic rings. The van der Waals surface area contributed by atoms with Gasteiger partial charge in [-0.15, -0.1) is 0 Å². The minimum absolute atomic E-state index is 0.0590. The zero-order valence-corrected chi connectivity index (χ0v) is 15.4. The zero-order valence-electron chi connectivity index (χ0n) is 13.7. The van der Waals surface area contributed by atoms with E-state index in [1.54, 1.807) is 4.90 Å². The molecule has 134 valence electrons. The number of piperazine rings is 1. The number of nitrogens with one attached hydrogen (secondary N) is 1. The van der Waals surface area contributed by atoms with E-state index in [2.05, 4.69) is 26.7 Å². The summed E-state index contributed by atoms with van der Waals surface area (Å²) in [5, 5.41) is 4.01. The number of urea groups is 1. The highest BCUT2D eigenvalue weighted by Crippen LogP contribution is 2.29. The summed E-state index contributed by atoms with van der Waals surface area (Å²) in [6.45, 7) is 2.67. The Labute approximate surface area is 150 Å². The van der Waals surface area contributed by atoms with E-state index < -0.39 is 9.84 Å². The number of anilines is 1. The topological polar surface area (TPSA) is 82.6 Å². The van der Waals surface area contributed by atoms with Crippen molar-refractivity contribution >= 4 is 43.3 Å². The number of fused-ring (bicyclic) bond motifs is 1. The fourth-order valence-electron chi connectivity index (χ4n) is 3.40. The first-order valence-corrected chi connectivity index (χ1v) is 11.0. The third kappa shape index (κ3) is 3.43. The van der Waals surface area contributed by atoms with Gasteiger partial charge in [-0.05, 0) is 30.1 Å². The van der Waals surface area contributed by atoms with Crippen LogP contribution in [0.4, 0.5) is 10.6 Å². The highest BCUT2D eigenvalue weighted by atomic mass is 32.2. The minimum atomic E-state index is -2.98. The number of hydrogen-bond acceptors (Lipinski definition) is 6. The lowest BCUT2D eigenvalue weighted by molar-refractivity contribution is 0.191. The Morgan fingerprint density at radius 2 is 1.96 bits per heavy atom. The van der Waals surface area contributed by atoms with Crippen LogP contribution in [-0.4, -0.2) is 67.4 Å². The molecule has 4 rings (SSSR count). The van der Waals surface area contributed by atoms with E-state index >= 15 is 0 Å². The molecule has 3 heterocycles. The summed E-state index contributed by atoms with van der Waals surface area (Å²) in [4.78, 5) is 16.3. The van der Waals surface area contributed by atoms with Crippen molar-refractivity contribution in [3.8, 4) is 0 Å². The van der Waals surface area contributed by atoms with Crippen LogP contribution in [0.25, 0.3) is 10.1 Å². The molecule has 2 saturated heterocycles. The van der Waals surface area contributed by atoms with E-state index in [1.807, 2.05) is 12.1 Å². The van der Waals surface area contributed by atoms with Crippen LogP contribution < -0.4 is 10.2 Å². The number of rotatable bonds is 2. The van der Waals surface area contributed by atoms with E-state index in [9.17, 15) is 13.2 Å². The molecule has 0 saturated carbocycles. The van der Waals surface area contributed by atoms with Gasteiger partial charge >= 0.3 is 6.03 Å². The van der Waals surface area contributed by atoms with E-state index in [0.717, 1.165) is 24.3 Å². The van der Waals surface area contributed by atoms with Gasteiger partial charge in [0.05, 0.1) is 16.2 Å². The molecule has 1 atom stereocenters. The molecule has 25 heavy (non-hydrogen) atoms. The van der Waals surface area contributed by atoms with Crippen LogP contribution in [0.2, 0.25) is 0 Å². The Balaban J connectivity index is 1.36. The lowest BCUT2D eigenvalue weighted by Gasteiger charge is -2.35. The summed E-state index contributed by atoms with van der Waals surface area (Å²) in [7, 11) is -2.98. The lowest BCUT2D eigenvalue weighted by atomic mass is 10.2. The molecule has 9 heteroatoms. The summed E-state index contributed by atoms with van der Waals surface area (Å²) in [5.41, 5.74) is 0. The monoisotopic (exact) mass is 380 g/mol. The molecule has 2 aliphatic rings. The summed E-state index contributed by atoms with van der Waals surface area (Å²) in [6.07, 6.45) is 0.513. The number of hydrogen-bond donors (Lipinski definition) is 1. The third-order valence-corrected chi connectivity index (χ3v) is 7.37. The van der Waals surface area contributed by atoms with Crippen LogP contribution >= 0.6 is 11.5 Å². The van der Waals surface area contributed by atoms with Crippen molar-refractivity contribution < 1.29 is 13.2 Å². The first kappa shape index (κ1) is 16.6. The van der Waals surface area contributed by atoms with Crippen molar-refractivity contribution in [2.75, 3.05) is 42.6 Å². The van der Waals surface area contributed by atoms with Crippen LogP contribution in [-0.2, 0) is 9.84 Å². The molecule has 0 unspecified atom stereocenters. The highest BCUT2D eigenvalue weighted by Gasteiger charge is 2.31. The van der Waals surface area contributed by atoms with Gasteiger partial charge in [-0.2, -0.15) is 4.37 Å². The van der Waals surface area contributed by atoms with Crippen molar-refractivity contribution in [1.82, 2.24) is 14.6 Å². The number of benzene rings is 1. The molecule has 2 aliphatic heterocycles. The SMILES string of the molecule is O=C(N[C@@H]1CCS(=O)(=O)C1)N1CCN(c2nsc3ccccc23)CC1. The number of carbonyl (C=O) groups is 1. The number of aromatic nitrogens is 1. The van der Waals surface area contributed by atoms with Crippen molar-refractivity contribution in [3.63, 3.8) is 0 Å². The van der Waals surface area contributed by atoms with E-state index in [4.69, 9.17) is 0 Å². The Kier molecular flexibility index (Phi) is 4.28. The van der Waals surface area contributed by atoms with Crippen LogP contribution in [0.3, 0.4) is 0 Å². The highest BCUT2D eigenvalue weighted by molar-refractivity contribution is 7.91. The zero-order chi connectivity index (χ0) is 17.4. The second-order valence-electron chi connectivity index (χ2n) is 6.53. The summed E-state index contributed by atoms with van der Waals surface area (Å²) < 4.78 is 28.7. The van der Waals surface area contributed by atoms with Crippen LogP contribution in [0.15, 0.2) is 24.3 Å². The fourth-order valence-corrected chi connectivity index (χ4v) is 5.87. The number of sulfone groups is 1. The van der Waals surface area contributed by atoms with Gasteiger partial charge in [-0.25, -0.2) is 13.2 Å². The summed E-state index contributed by atoms with van der Waals surface area (Å²) in [5.74, 6) is 1.22. The van der Waals surface area contributed by atoms with Crippen LogP contribution in [0, 0.1) is 0 Å². The van der Waals surface area contributed by atoms with Gasteiger partial charge in [0.1, 0.15) is 5.82 Å². The second-order valence-corrected chi connectivity index (χ2v) is 9.56. The van der Waals surface area contributed by atoms with E-state index in [1.165, 1.54) is 16.2 Å². The molecule has 7 nitrogen and oxygen atoms in total. The maximum Gasteiger partial charge on any atom is 0.317 e. The predicted octanol–water partition coefficient (Wildman–Crippen LogP) is 1.32. The predicted molar refractivity (Wildman–Crippen MR) is 99.0 cm³/mol. The first-order valence-electron chi connectivity index (χ1n) is 8.37. The smallest absolute Gasteiger partial charge is 0.317 e. The van der Waals surface area contributed by atoms with Gasteiger partial charge in [0.15, 0.2) is 9.84 Å². The quantitative estimate of drug-likeness (QED) is 0.850. The minimum Gasteiger partial charge on any atom is -0.352 e. The van der Waals surface area contributed by atoms with Gasteiger partial charge < -0.3 is 15.1 Å². The molecule has 2 amide bonds. The average Bonchev–Trinajstić information content (AvgIpc) is 3.18. The molecule has 0 aliphatic carbocycles. The first-order chi connectivity index (χ1) is 12.0. The maximum atomic E-state index is 12.4. The Hall–Kier alpha value is -1.87. The summed E-state index contributed by atoms with van der Waals surface area (Å²) >= 11 is 1.49. The molecular weight excluding hydrogens is 360 g/mol. The van der Waals surface area contributed by atoms with Gasteiger partial charge in [-0.1, -0.05) is 12.1 Å². The molecular formula is C16H20N4O3S2. The standard InChI is InChI=1S/C16H20N4O3S2/c21-16(17-12-5-10-25(22,23)11-12)20-8-6-19(7-9-20)15-13-3-1-2-4-14(13)24-18-15/h1-4,12H,5-11H2,(H,17,21)/t12-/m1/s1. The number of nitrogens with zero attached hydrogens (tertiary/aromatic N) is 3. The van der Waals surface area contributed by atoms with Gasteiger partial charge in [-0.3, -0.25) is 0 Å². The van der Waals surface area contributed by atoms with Gasteiger partial charge in [0.2, 0.25) is 0 Å².